The van der Waals surface area contributed by atoms with E-state index in [1.165, 1.54) is 11.3 Å². The number of rotatable bonds is 5. The number of hydrogen-bond acceptors (Lipinski definition) is 5. The molecule has 0 aromatic carbocycles. The number of carboxylic acids is 1. The van der Waals surface area contributed by atoms with Crippen LogP contribution in [0.3, 0.4) is 0 Å². The summed E-state index contributed by atoms with van der Waals surface area (Å²) >= 11 is 1.26. The molecular weight excluding hydrogens is 280 g/mol. The molecule has 0 bridgehead atoms. The summed E-state index contributed by atoms with van der Waals surface area (Å²) in [5.41, 5.74) is -0.819. The Morgan fingerprint density at radius 3 is 2.65 bits per heavy atom. The lowest BCUT2D eigenvalue weighted by Crippen LogP contribution is -2.27. The third-order valence-electron chi connectivity index (χ3n) is 3.46. The van der Waals surface area contributed by atoms with Crippen molar-refractivity contribution < 1.29 is 19.8 Å². The molecule has 1 aliphatic rings. The Morgan fingerprint density at radius 2 is 2.00 bits per heavy atom. The average molecular weight is 298 g/mol. The minimum atomic E-state index is -1.00. The van der Waals surface area contributed by atoms with Gasteiger partial charge in [-0.2, -0.15) is 0 Å². The van der Waals surface area contributed by atoms with Crippen molar-refractivity contribution in [1.29, 1.82) is 0 Å². The number of anilines is 1. The van der Waals surface area contributed by atoms with Crippen molar-refractivity contribution in [1.82, 2.24) is 4.98 Å². The predicted octanol–water partition coefficient (Wildman–Crippen LogP) is 2.10. The maximum atomic E-state index is 11.5. The zero-order chi connectivity index (χ0) is 14.6. The topological polar surface area (TPSA) is 99.5 Å². The summed E-state index contributed by atoms with van der Waals surface area (Å²) in [7, 11) is 0. The summed E-state index contributed by atoms with van der Waals surface area (Å²) in [6.45, 7) is 0. The molecule has 1 aromatic heterocycles. The zero-order valence-electron chi connectivity index (χ0n) is 11.1. The normalized spacial score (nSPS) is 17.6. The first kappa shape index (κ1) is 14.9. The highest BCUT2D eigenvalue weighted by Gasteiger charge is 2.33. The highest BCUT2D eigenvalue weighted by atomic mass is 32.1. The first-order chi connectivity index (χ1) is 9.49. The number of hydrogen-bond donors (Lipinski definition) is 3. The lowest BCUT2D eigenvalue weighted by molar-refractivity contribution is -0.138. The van der Waals surface area contributed by atoms with Crippen LogP contribution < -0.4 is 5.32 Å². The molecular formula is C13H18N2O4S. The molecule has 1 aromatic rings. The van der Waals surface area contributed by atoms with Gasteiger partial charge in [0.2, 0.25) is 5.91 Å². The van der Waals surface area contributed by atoms with Crippen molar-refractivity contribution in [3.05, 3.63) is 11.1 Å². The number of carbonyl (C=O) groups is 2. The van der Waals surface area contributed by atoms with E-state index in [4.69, 9.17) is 5.11 Å². The predicted molar refractivity (Wildman–Crippen MR) is 74.6 cm³/mol. The summed E-state index contributed by atoms with van der Waals surface area (Å²) in [5, 5.41) is 22.0. The van der Waals surface area contributed by atoms with Crippen LogP contribution in [0.2, 0.25) is 0 Å². The van der Waals surface area contributed by atoms with Gasteiger partial charge in [0, 0.05) is 12.6 Å². The lowest BCUT2D eigenvalue weighted by atomic mass is 9.84. The molecule has 1 amide bonds. The summed E-state index contributed by atoms with van der Waals surface area (Å²) in [5.74, 6) is -1.37. The summed E-state index contributed by atoms with van der Waals surface area (Å²) in [6, 6.07) is 0. The van der Waals surface area contributed by atoms with Gasteiger partial charge in [0.05, 0.1) is 11.3 Å². The van der Waals surface area contributed by atoms with Crippen LogP contribution in [-0.2, 0) is 15.2 Å². The summed E-state index contributed by atoms with van der Waals surface area (Å²) in [4.78, 5) is 26.7. The van der Waals surface area contributed by atoms with E-state index in [1.54, 1.807) is 6.20 Å². The van der Waals surface area contributed by atoms with Gasteiger partial charge in [-0.3, -0.25) is 9.59 Å². The SMILES string of the molecule is O=C(O)CCC(=O)Nc1ncc(C2(O)CCCCC2)s1. The number of nitrogens with zero attached hydrogens (tertiary/aromatic N) is 1. The van der Waals surface area contributed by atoms with Crippen molar-refractivity contribution in [2.45, 2.75) is 50.5 Å². The molecule has 1 heterocycles. The van der Waals surface area contributed by atoms with Gasteiger partial charge in [-0.1, -0.05) is 30.6 Å². The van der Waals surface area contributed by atoms with Crippen LogP contribution in [0, 0.1) is 0 Å². The van der Waals surface area contributed by atoms with E-state index >= 15 is 0 Å². The van der Waals surface area contributed by atoms with Crippen LogP contribution in [0.1, 0.15) is 49.8 Å². The van der Waals surface area contributed by atoms with Crippen LogP contribution in [0.5, 0.6) is 0 Å². The Hall–Kier alpha value is -1.47. The number of amides is 1. The van der Waals surface area contributed by atoms with Gasteiger partial charge in [-0.05, 0) is 12.8 Å². The van der Waals surface area contributed by atoms with E-state index in [-0.39, 0.29) is 18.7 Å². The second-order valence-electron chi connectivity index (χ2n) is 5.06. The van der Waals surface area contributed by atoms with E-state index in [1.807, 2.05) is 0 Å². The first-order valence-electron chi connectivity index (χ1n) is 6.70. The fourth-order valence-corrected chi connectivity index (χ4v) is 3.31. The lowest BCUT2D eigenvalue weighted by Gasteiger charge is -2.30. The van der Waals surface area contributed by atoms with Crippen molar-refractivity contribution in [2.24, 2.45) is 0 Å². The minimum Gasteiger partial charge on any atom is -0.481 e. The zero-order valence-corrected chi connectivity index (χ0v) is 11.9. The third kappa shape index (κ3) is 3.77. The average Bonchev–Trinajstić information content (AvgIpc) is 2.86. The van der Waals surface area contributed by atoms with Gasteiger partial charge in [-0.25, -0.2) is 4.98 Å². The van der Waals surface area contributed by atoms with E-state index in [9.17, 15) is 14.7 Å². The van der Waals surface area contributed by atoms with Gasteiger partial charge in [0.25, 0.3) is 0 Å². The van der Waals surface area contributed by atoms with E-state index in [0.29, 0.717) is 5.13 Å². The molecule has 20 heavy (non-hydrogen) atoms. The number of carboxylic acid groups (broad SMARTS) is 1. The van der Waals surface area contributed by atoms with Crippen molar-refractivity contribution in [3.8, 4) is 0 Å². The molecule has 0 aliphatic heterocycles. The molecule has 0 radical (unpaired) electrons. The molecule has 3 N–H and O–H groups in total. The van der Waals surface area contributed by atoms with Crippen LogP contribution in [-0.4, -0.2) is 27.1 Å². The second kappa shape index (κ2) is 6.32. The Morgan fingerprint density at radius 1 is 1.30 bits per heavy atom. The standard InChI is InChI=1S/C13H18N2O4S/c16-10(4-5-11(17)18)15-12-14-8-9(20-12)13(19)6-2-1-3-7-13/h8,19H,1-7H2,(H,17,18)(H,14,15,16). The van der Waals surface area contributed by atoms with E-state index in [2.05, 4.69) is 10.3 Å². The second-order valence-corrected chi connectivity index (χ2v) is 6.09. The maximum absolute atomic E-state index is 11.5. The molecule has 6 nitrogen and oxygen atoms in total. The molecule has 0 spiro atoms. The fourth-order valence-electron chi connectivity index (χ4n) is 2.33. The number of aliphatic hydroxyl groups is 1. The van der Waals surface area contributed by atoms with Gasteiger partial charge < -0.3 is 15.5 Å². The largest absolute Gasteiger partial charge is 0.481 e. The van der Waals surface area contributed by atoms with Crippen LogP contribution in [0.4, 0.5) is 5.13 Å². The monoisotopic (exact) mass is 298 g/mol. The quantitative estimate of drug-likeness (QED) is 0.773. The molecule has 0 unspecified atom stereocenters. The van der Waals surface area contributed by atoms with Gasteiger partial charge in [0.1, 0.15) is 5.60 Å². The molecule has 110 valence electrons. The van der Waals surface area contributed by atoms with Gasteiger partial charge in [0.15, 0.2) is 5.13 Å². The number of nitrogens with one attached hydrogen (secondary N) is 1. The first-order valence-corrected chi connectivity index (χ1v) is 7.51. The van der Waals surface area contributed by atoms with Crippen LogP contribution >= 0.6 is 11.3 Å². The Kier molecular flexibility index (Phi) is 4.72. The third-order valence-corrected chi connectivity index (χ3v) is 4.56. The van der Waals surface area contributed by atoms with E-state index in [0.717, 1.165) is 37.0 Å². The minimum absolute atomic E-state index is 0.0749. The van der Waals surface area contributed by atoms with Crippen LogP contribution in [0.15, 0.2) is 6.20 Å². The van der Waals surface area contributed by atoms with E-state index < -0.39 is 11.6 Å². The molecule has 1 aliphatic carbocycles. The molecule has 1 fully saturated rings. The van der Waals surface area contributed by atoms with Gasteiger partial charge >= 0.3 is 5.97 Å². The summed E-state index contributed by atoms with van der Waals surface area (Å²) < 4.78 is 0. The highest BCUT2D eigenvalue weighted by Crippen LogP contribution is 2.40. The molecule has 0 atom stereocenters. The number of thiazole rings is 1. The molecule has 2 rings (SSSR count). The maximum Gasteiger partial charge on any atom is 0.303 e. The smallest absolute Gasteiger partial charge is 0.303 e. The Labute approximate surface area is 120 Å². The Balaban J connectivity index is 1.95. The number of aliphatic carboxylic acids is 1. The number of aromatic nitrogens is 1. The molecule has 0 saturated heterocycles. The summed E-state index contributed by atoms with van der Waals surface area (Å²) in [6.07, 6.45) is 5.90. The van der Waals surface area contributed by atoms with Crippen LogP contribution in [0.25, 0.3) is 0 Å². The molecule has 1 saturated carbocycles. The van der Waals surface area contributed by atoms with Crippen molar-refractivity contribution >= 4 is 28.3 Å². The van der Waals surface area contributed by atoms with Gasteiger partial charge in [-0.15, -0.1) is 0 Å². The Bertz CT molecular complexity index is 494. The van der Waals surface area contributed by atoms with Crippen molar-refractivity contribution in [2.75, 3.05) is 5.32 Å². The molecule has 7 heteroatoms. The van der Waals surface area contributed by atoms with Crippen molar-refractivity contribution in [3.63, 3.8) is 0 Å². The highest BCUT2D eigenvalue weighted by molar-refractivity contribution is 7.15. The fraction of sp³-hybridized carbons (Fsp3) is 0.615. The number of carbonyl (C=O) groups excluding carboxylic acids is 1.